The number of hydrogen-bond acceptors (Lipinski definition) is 7. The summed E-state index contributed by atoms with van der Waals surface area (Å²) in [5, 5.41) is 23.8. The number of carbonyl (C=O) groups excluding carboxylic acids is 2. The number of thioether (sulfide) groups is 1. The van der Waals surface area contributed by atoms with E-state index in [0.717, 1.165) is 34.1 Å². The fourth-order valence-electron chi connectivity index (χ4n) is 3.52. The summed E-state index contributed by atoms with van der Waals surface area (Å²) in [5.41, 5.74) is 3.18. The van der Waals surface area contributed by atoms with Crippen LogP contribution in [-0.4, -0.2) is 43.4 Å². The average Bonchev–Trinajstić information content (AvgIpc) is 3.29. The van der Waals surface area contributed by atoms with Crippen molar-refractivity contribution in [1.82, 2.24) is 25.1 Å². The van der Waals surface area contributed by atoms with Crippen LogP contribution < -0.4 is 10.4 Å². The van der Waals surface area contributed by atoms with E-state index in [-0.39, 0.29) is 12.2 Å². The van der Waals surface area contributed by atoms with Crippen LogP contribution in [0.1, 0.15) is 11.1 Å². The molecule has 0 bridgehead atoms. The highest BCUT2D eigenvalue weighted by molar-refractivity contribution is 7.99. The first kappa shape index (κ1) is 24.4. The van der Waals surface area contributed by atoms with E-state index in [1.807, 2.05) is 54.0 Å². The first-order valence-corrected chi connectivity index (χ1v) is 12.1. The second kappa shape index (κ2) is 11.2. The van der Waals surface area contributed by atoms with Gasteiger partial charge in [-0.1, -0.05) is 59.8 Å². The van der Waals surface area contributed by atoms with Gasteiger partial charge in [-0.25, -0.2) is 0 Å². The number of halogens is 1. The maximum atomic E-state index is 12.7. The van der Waals surface area contributed by atoms with Gasteiger partial charge in [-0.15, -0.1) is 10.2 Å². The molecule has 178 valence electrons. The highest BCUT2D eigenvalue weighted by atomic mass is 35.5. The van der Waals surface area contributed by atoms with Crippen molar-refractivity contribution >= 4 is 35.2 Å². The Morgan fingerprint density at radius 2 is 1.80 bits per heavy atom. The summed E-state index contributed by atoms with van der Waals surface area (Å²) >= 11 is 7.51. The molecule has 10 heteroatoms. The molecule has 0 radical (unpaired) electrons. The second-order valence-corrected chi connectivity index (χ2v) is 9.03. The average molecular weight is 507 g/mol. The van der Waals surface area contributed by atoms with Gasteiger partial charge in [0.2, 0.25) is 5.91 Å². The standard InChI is InChI=1S/C25H22ClN5O3S/c1-16-19(26)8-5-9-21(16)31-23(18-10-12-27-13-11-18)29-30-25(31)35-15-22(32)28-20(24(33)34)14-17-6-3-2-4-7-17/h2-13,20H,14-15H2,1H3,(H,28,32)(H,33,34)/p-1/t20-/m0/s1. The molecule has 35 heavy (non-hydrogen) atoms. The molecule has 8 nitrogen and oxygen atoms in total. The number of aliphatic carboxylic acids is 1. The van der Waals surface area contributed by atoms with Crippen molar-refractivity contribution in [2.24, 2.45) is 0 Å². The fourth-order valence-corrected chi connectivity index (χ4v) is 4.44. The van der Waals surface area contributed by atoms with Crippen molar-refractivity contribution in [3.05, 3.63) is 89.2 Å². The van der Waals surface area contributed by atoms with E-state index < -0.39 is 17.9 Å². The number of pyridine rings is 1. The molecule has 1 N–H and O–H groups in total. The van der Waals surface area contributed by atoms with Crippen LogP contribution in [0, 0.1) is 6.92 Å². The lowest BCUT2D eigenvalue weighted by Gasteiger charge is -2.20. The van der Waals surface area contributed by atoms with Crippen LogP contribution >= 0.6 is 23.4 Å². The molecule has 2 aromatic carbocycles. The summed E-state index contributed by atoms with van der Waals surface area (Å²) in [6.07, 6.45) is 3.45. The Balaban J connectivity index is 1.56. The summed E-state index contributed by atoms with van der Waals surface area (Å²) < 4.78 is 1.83. The lowest BCUT2D eigenvalue weighted by atomic mass is 10.1. The number of aromatic nitrogens is 4. The van der Waals surface area contributed by atoms with Crippen LogP contribution in [0.25, 0.3) is 17.1 Å². The molecule has 0 aliphatic rings. The lowest BCUT2D eigenvalue weighted by molar-refractivity contribution is -0.308. The molecule has 0 aliphatic carbocycles. The minimum atomic E-state index is -1.34. The Bertz CT molecular complexity index is 1330. The van der Waals surface area contributed by atoms with Gasteiger partial charge in [-0.05, 0) is 48.7 Å². The van der Waals surface area contributed by atoms with E-state index in [1.165, 1.54) is 0 Å². The zero-order valence-corrected chi connectivity index (χ0v) is 20.3. The van der Waals surface area contributed by atoms with Gasteiger partial charge in [0.15, 0.2) is 11.0 Å². The predicted octanol–water partition coefficient (Wildman–Crippen LogP) is 2.86. The summed E-state index contributed by atoms with van der Waals surface area (Å²) in [5.74, 6) is -1.29. The second-order valence-electron chi connectivity index (χ2n) is 7.68. The monoisotopic (exact) mass is 506 g/mol. The number of carboxylic acid groups (broad SMARTS) is 1. The number of hydrogen-bond donors (Lipinski definition) is 1. The van der Waals surface area contributed by atoms with Gasteiger partial charge < -0.3 is 15.2 Å². The Hall–Kier alpha value is -3.69. The molecule has 4 rings (SSSR count). The van der Waals surface area contributed by atoms with E-state index >= 15 is 0 Å². The number of nitrogens with one attached hydrogen (secondary N) is 1. The minimum absolute atomic E-state index is 0.0628. The molecular formula is C25H21ClN5O3S-. The zero-order valence-electron chi connectivity index (χ0n) is 18.7. The Kier molecular flexibility index (Phi) is 7.79. The first-order chi connectivity index (χ1) is 16.9. The van der Waals surface area contributed by atoms with E-state index in [0.29, 0.717) is 16.0 Å². The van der Waals surface area contributed by atoms with Crippen molar-refractivity contribution < 1.29 is 14.7 Å². The molecule has 1 atom stereocenters. The Labute approximate surface area is 211 Å². The van der Waals surface area contributed by atoms with Gasteiger partial charge in [0, 0.05) is 23.0 Å². The molecule has 0 unspecified atom stereocenters. The van der Waals surface area contributed by atoms with Crippen molar-refractivity contribution in [2.45, 2.75) is 24.5 Å². The van der Waals surface area contributed by atoms with Crippen LogP contribution in [0.5, 0.6) is 0 Å². The maximum absolute atomic E-state index is 12.7. The van der Waals surface area contributed by atoms with Crippen LogP contribution in [0.4, 0.5) is 0 Å². The van der Waals surface area contributed by atoms with E-state index in [4.69, 9.17) is 11.6 Å². The van der Waals surface area contributed by atoms with E-state index in [2.05, 4.69) is 20.5 Å². The molecule has 0 fully saturated rings. The van der Waals surface area contributed by atoms with E-state index in [1.54, 1.807) is 30.6 Å². The summed E-state index contributed by atoms with van der Waals surface area (Å²) in [6, 6.07) is 17.1. The smallest absolute Gasteiger partial charge is 0.231 e. The molecule has 0 saturated carbocycles. The Morgan fingerprint density at radius 3 is 2.51 bits per heavy atom. The predicted molar refractivity (Wildman–Crippen MR) is 132 cm³/mol. The third-order valence-corrected chi connectivity index (χ3v) is 6.63. The molecule has 2 heterocycles. The summed E-state index contributed by atoms with van der Waals surface area (Å²) in [4.78, 5) is 28.3. The Morgan fingerprint density at radius 1 is 1.06 bits per heavy atom. The van der Waals surface area contributed by atoms with Gasteiger partial charge in [0.25, 0.3) is 0 Å². The van der Waals surface area contributed by atoms with Crippen LogP contribution in [-0.2, 0) is 16.0 Å². The topological polar surface area (TPSA) is 113 Å². The van der Waals surface area contributed by atoms with Gasteiger partial charge >= 0.3 is 0 Å². The number of nitrogens with zero attached hydrogens (tertiary/aromatic N) is 4. The maximum Gasteiger partial charge on any atom is 0.231 e. The van der Waals surface area contributed by atoms with Gasteiger partial charge in [-0.3, -0.25) is 14.3 Å². The van der Waals surface area contributed by atoms with Gasteiger partial charge in [-0.2, -0.15) is 0 Å². The SMILES string of the molecule is Cc1c(Cl)cccc1-n1c(SCC(=O)N[C@@H](Cc2ccccc2)C(=O)[O-])nnc1-c1ccncc1. The third kappa shape index (κ3) is 5.87. The van der Waals surface area contributed by atoms with Gasteiger partial charge in [0.05, 0.1) is 23.5 Å². The first-order valence-electron chi connectivity index (χ1n) is 10.7. The zero-order chi connectivity index (χ0) is 24.8. The fraction of sp³-hybridized carbons (Fsp3) is 0.160. The van der Waals surface area contributed by atoms with Crippen molar-refractivity contribution in [2.75, 3.05) is 5.75 Å². The number of carboxylic acids is 1. The number of rotatable bonds is 9. The summed E-state index contributed by atoms with van der Waals surface area (Å²) in [7, 11) is 0. The number of benzene rings is 2. The van der Waals surface area contributed by atoms with E-state index in [9.17, 15) is 14.7 Å². The van der Waals surface area contributed by atoms with Crippen molar-refractivity contribution in [3.8, 4) is 17.1 Å². The highest BCUT2D eigenvalue weighted by Gasteiger charge is 2.20. The van der Waals surface area contributed by atoms with Crippen molar-refractivity contribution in [3.63, 3.8) is 0 Å². The van der Waals surface area contributed by atoms with Crippen LogP contribution in [0.2, 0.25) is 5.02 Å². The molecule has 4 aromatic rings. The van der Waals surface area contributed by atoms with Crippen LogP contribution in [0.3, 0.4) is 0 Å². The largest absolute Gasteiger partial charge is 0.548 e. The van der Waals surface area contributed by atoms with Crippen LogP contribution in [0.15, 0.2) is 78.2 Å². The highest BCUT2D eigenvalue weighted by Crippen LogP contribution is 2.31. The number of carbonyl (C=O) groups is 2. The van der Waals surface area contributed by atoms with Gasteiger partial charge in [0.1, 0.15) is 0 Å². The molecule has 0 spiro atoms. The minimum Gasteiger partial charge on any atom is -0.548 e. The molecular weight excluding hydrogens is 486 g/mol. The molecule has 2 aromatic heterocycles. The number of amides is 1. The molecule has 1 amide bonds. The molecule has 0 saturated heterocycles. The normalized spacial score (nSPS) is 11.7. The van der Waals surface area contributed by atoms with Crippen molar-refractivity contribution in [1.29, 1.82) is 0 Å². The quantitative estimate of drug-likeness (QED) is 0.347. The third-order valence-electron chi connectivity index (χ3n) is 5.29. The summed E-state index contributed by atoms with van der Waals surface area (Å²) in [6.45, 7) is 1.89. The molecule has 0 aliphatic heterocycles. The lowest BCUT2D eigenvalue weighted by Crippen LogP contribution is -2.49.